The number of hydrogen-bond acceptors (Lipinski definition) is 5. The van der Waals surface area contributed by atoms with Gasteiger partial charge >= 0.3 is 0 Å². The number of nitro benzene ring substituents is 1. The number of carbonyl (C=O) groups is 1. The van der Waals surface area contributed by atoms with Crippen molar-refractivity contribution in [2.45, 2.75) is 33.0 Å². The molecule has 1 aromatic rings. The van der Waals surface area contributed by atoms with Crippen molar-refractivity contribution in [2.75, 3.05) is 13.1 Å². The molecule has 0 bridgehead atoms. The molecule has 0 aromatic heterocycles. The van der Waals surface area contributed by atoms with Crippen LogP contribution in [0.3, 0.4) is 0 Å². The fraction of sp³-hybridized carbons (Fsp3) is 0.467. The molecule has 0 spiro atoms. The molecule has 8 heteroatoms. The largest absolute Gasteiger partial charge is 0.372 e. The van der Waals surface area contributed by atoms with Crippen LogP contribution in [0, 0.1) is 17.0 Å². The molecule has 1 aliphatic heterocycles. The smallest absolute Gasteiger partial charge is 0.273 e. The van der Waals surface area contributed by atoms with Gasteiger partial charge in [-0.1, -0.05) is 6.07 Å². The summed E-state index contributed by atoms with van der Waals surface area (Å²) in [7, 11) is 0. The van der Waals surface area contributed by atoms with E-state index >= 15 is 0 Å². The number of carbonyl (C=O) groups excluding carboxylic acids is 1. The molecule has 1 aromatic carbocycles. The Morgan fingerprint density at radius 2 is 2.00 bits per heavy atom. The Kier molecular flexibility index (Phi) is 5.27. The van der Waals surface area contributed by atoms with Crippen molar-refractivity contribution in [2.24, 2.45) is 0 Å². The van der Waals surface area contributed by atoms with E-state index in [1.165, 1.54) is 6.07 Å². The minimum atomic E-state index is -0.504. The van der Waals surface area contributed by atoms with Gasteiger partial charge in [0, 0.05) is 30.3 Å². The van der Waals surface area contributed by atoms with E-state index in [0.717, 1.165) is 0 Å². The zero-order valence-electron chi connectivity index (χ0n) is 13.2. The first kappa shape index (κ1) is 17.3. The summed E-state index contributed by atoms with van der Waals surface area (Å²) in [6, 6.07) is 4.36. The molecule has 1 amide bonds. The molecule has 2 atom stereocenters. The lowest BCUT2D eigenvalue weighted by Gasteiger charge is -2.36. The Morgan fingerprint density at radius 3 is 2.57 bits per heavy atom. The Balaban J connectivity index is 2.08. The third kappa shape index (κ3) is 4.23. The van der Waals surface area contributed by atoms with Crippen molar-refractivity contribution >= 4 is 28.9 Å². The van der Waals surface area contributed by atoms with Gasteiger partial charge in [0.25, 0.3) is 11.6 Å². The van der Waals surface area contributed by atoms with Crippen molar-refractivity contribution < 1.29 is 14.5 Å². The van der Waals surface area contributed by atoms with Gasteiger partial charge in [-0.2, -0.15) is 0 Å². The van der Waals surface area contributed by atoms with Gasteiger partial charge in [-0.3, -0.25) is 20.2 Å². The van der Waals surface area contributed by atoms with E-state index in [1.54, 1.807) is 19.1 Å². The molecule has 1 saturated heterocycles. The lowest BCUT2D eigenvalue weighted by molar-refractivity contribution is -0.385. The highest BCUT2D eigenvalue weighted by Gasteiger charge is 2.25. The van der Waals surface area contributed by atoms with Crippen LogP contribution in [-0.4, -0.2) is 46.1 Å². The minimum Gasteiger partial charge on any atom is -0.372 e. The second-order valence-corrected chi connectivity index (χ2v) is 6.07. The first-order chi connectivity index (χ1) is 10.8. The van der Waals surface area contributed by atoms with Crippen molar-refractivity contribution in [3.05, 3.63) is 39.4 Å². The second-order valence-electron chi connectivity index (χ2n) is 5.68. The molecule has 0 unspecified atom stereocenters. The van der Waals surface area contributed by atoms with Crippen molar-refractivity contribution in [3.8, 4) is 0 Å². The Morgan fingerprint density at radius 1 is 1.39 bits per heavy atom. The van der Waals surface area contributed by atoms with Gasteiger partial charge in [0.15, 0.2) is 5.11 Å². The third-order valence-corrected chi connectivity index (χ3v) is 3.96. The predicted molar refractivity (Wildman–Crippen MR) is 89.5 cm³/mol. The Labute approximate surface area is 139 Å². The summed E-state index contributed by atoms with van der Waals surface area (Å²) >= 11 is 5.27. The molecule has 0 radical (unpaired) electrons. The van der Waals surface area contributed by atoms with E-state index in [4.69, 9.17) is 17.0 Å². The van der Waals surface area contributed by atoms with Gasteiger partial charge in [0.05, 0.1) is 17.1 Å². The molecule has 124 valence electrons. The number of morpholine rings is 1. The highest BCUT2D eigenvalue weighted by molar-refractivity contribution is 7.80. The van der Waals surface area contributed by atoms with Crippen LogP contribution in [0.5, 0.6) is 0 Å². The fourth-order valence-corrected chi connectivity index (χ4v) is 2.78. The average molecular weight is 337 g/mol. The number of nitro groups is 1. The lowest BCUT2D eigenvalue weighted by Crippen LogP contribution is -2.52. The normalized spacial score (nSPS) is 20.9. The van der Waals surface area contributed by atoms with Crippen LogP contribution in [0.15, 0.2) is 18.2 Å². The number of benzene rings is 1. The number of ether oxygens (including phenoxy) is 1. The van der Waals surface area contributed by atoms with Gasteiger partial charge < -0.3 is 9.64 Å². The van der Waals surface area contributed by atoms with Crippen LogP contribution in [0.1, 0.15) is 29.8 Å². The summed E-state index contributed by atoms with van der Waals surface area (Å²) in [5.74, 6) is -0.454. The van der Waals surface area contributed by atoms with Crippen LogP contribution in [-0.2, 0) is 4.74 Å². The number of aryl methyl sites for hydroxylation is 1. The molecule has 0 saturated carbocycles. The van der Waals surface area contributed by atoms with E-state index in [1.807, 2.05) is 18.7 Å². The van der Waals surface area contributed by atoms with E-state index in [0.29, 0.717) is 23.8 Å². The SMILES string of the molecule is Cc1ccc(C(=O)NC(=S)N2C[C@H](C)O[C@@H](C)C2)cc1[N+](=O)[O-]. The zero-order chi connectivity index (χ0) is 17.1. The number of amides is 1. The van der Waals surface area contributed by atoms with Crippen LogP contribution in [0.4, 0.5) is 5.69 Å². The van der Waals surface area contributed by atoms with E-state index in [-0.39, 0.29) is 23.5 Å². The first-order valence-corrected chi connectivity index (χ1v) is 7.69. The number of hydrogen-bond donors (Lipinski definition) is 1. The Bertz CT molecular complexity index is 640. The van der Waals surface area contributed by atoms with Crippen molar-refractivity contribution in [1.29, 1.82) is 0 Å². The van der Waals surface area contributed by atoms with Gasteiger partial charge in [-0.25, -0.2) is 0 Å². The van der Waals surface area contributed by atoms with Crippen LogP contribution < -0.4 is 5.32 Å². The first-order valence-electron chi connectivity index (χ1n) is 7.28. The summed E-state index contributed by atoms with van der Waals surface area (Å²) in [6.07, 6.45) is 0.0446. The van der Waals surface area contributed by atoms with Crippen LogP contribution in [0.2, 0.25) is 0 Å². The third-order valence-electron chi connectivity index (χ3n) is 3.60. The van der Waals surface area contributed by atoms with E-state index in [2.05, 4.69) is 5.32 Å². The zero-order valence-corrected chi connectivity index (χ0v) is 14.1. The summed E-state index contributed by atoms with van der Waals surface area (Å²) in [4.78, 5) is 24.6. The number of rotatable bonds is 2. The fourth-order valence-electron chi connectivity index (χ4n) is 2.54. The maximum absolute atomic E-state index is 12.3. The van der Waals surface area contributed by atoms with Gasteiger partial charge in [0.1, 0.15) is 0 Å². The van der Waals surface area contributed by atoms with Gasteiger partial charge in [-0.05, 0) is 39.1 Å². The quantitative estimate of drug-likeness (QED) is 0.505. The highest BCUT2D eigenvalue weighted by atomic mass is 32.1. The topological polar surface area (TPSA) is 84.7 Å². The summed E-state index contributed by atoms with van der Waals surface area (Å²) < 4.78 is 5.62. The molecule has 0 aliphatic carbocycles. The van der Waals surface area contributed by atoms with Gasteiger partial charge in [0.2, 0.25) is 0 Å². The number of thiocarbonyl (C=S) groups is 1. The summed E-state index contributed by atoms with van der Waals surface area (Å²) in [5.41, 5.74) is 0.626. The van der Waals surface area contributed by atoms with E-state index < -0.39 is 10.8 Å². The monoisotopic (exact) mass is 337 g/mol. The molecule has 1 fully saturated rings. The van der Waals surface area contributed by atoms with Crippen molar-refractivity contribution in [3.63, 3.8) is 0 Å². The van der Waals surface area contributed by atoms with Crippen molar-refractivity contribution in [1.82, 2.24) is 10.2 Å². The maximum atomic E-state index is 12.3. The standard InChI is InChI=1S/C15H19N3O4S/c1-9-4-5-12(6-13(9)18(20)21)14(19)16-15(23)17-7-10(2)22-11(3)8-17/h4-6,10-11H,7-8H2,1-3H3,(H,16,19,23)/t10-,11-/m0/s1. The summed E-state index contributed by atoms with van der Waals surface area (Å²) in [5, 5.41) is 13.9. The molecule has 2 rings (SSSR count). The molecule has 1 N–H and O–H groups in total. The van der Waals surface area contributed by atoms with Crippen LogP contribution >= 0.6 is 12.2 Å². The predicted octanol–water partition coefficient (Wildman–Crippen LogP) is 2.03. The molecule has 1 heterocycles. The summed E-state index contributed by atoms with van der Waals surface area (Å²) in [6.45, 7) is 6.70. The average Bonchev–Trinajstić information content (AvgIpc) is 2.46. The second kappa shape index (κ2) is 7.01. The molecule has 23 heavy (non-hydrogen) atoms. The maximum Gasteiger partial charge on any atom is 0.273 e. The number of nitrogens with zero attached hydrogens (tertiary/aromatic N) is 2. The lowest BCUT2D eigenvalue weighted by atomic mass is 10.1. The Hall–Kier alpha value is -2.06. The molecular weight excluding hydrogens is 318 g/mol. The van der Waals surface area contributed by atoms with Crippen LogP contribution in [0.25, 0.3) is 0 Å². The molecular formula is C15H19N3O4S. The minimum absolute atomic E-state index is 0.0223. The molecule has 7 nitrogen and oxygen atoms in total. The van der Waals surface area contributed by atoms with Gasteiger partial charge in [-0.15, -0.1) is 0 Å². The highest BCUT2D eigenvalue weighted by Crippen LogP contribution is 2.19. The van der Waals surface area contributed by atoms with E-state index in [9.17, 15) is 14.9 Å². The molecule has 1 aliphatic rings. The number of nitrogens with one attached hydrogen (secondary N) is 1.